The van der Waals surface area contributed by atoms with Gasteiger partial charge in [-0.2, -0.15) is 0 Å². The number of thiophene rings is 1. The summed E-state index contributed by atoms with van der Waals surface area (Å²) in [5, 5.41) is 2.61. The van der Waals surface area contributed by atoms with Crippen LogP contribution < -0.4 is 4.90 Å². The van der Waals surface area contributed by atoms with Crippen LogP contribution in [0.15, 0.2) is 17.5 Å². The molecule has 2 fully saturated rings. The second-order valence-corrected chi connectivity index (χ2v) is 4.69. The number of carbonyl (C=O) groups is 2. The Morgan fingerprint density at radius 2 is 2.27 bits per heavy atom. The van der Waals surface area contributed by atoms with Gasteiger partial charge in [-0.25, -0.2) is 9.69 Å². The molecule has 1 atom stereocenters. The molecule has 3 amide bonds. The quantitative estimate of drug-likeness (QED) is 0.678. The largest absolute Gasteiger partial charge is 0.332 e. The van der Waals surface area contributed by atoms with E-state index in [1.165, 1.54) is 16.2 Å². The van der Waals surface area contributed by atoms with Gasteiger partial charge in [-0.3, -0.25) is 4.79 Å². The van der Waals surface area contributed by atoms with E-state index in [9.17, 15) is 9.59 Å². The summed E-state index contributed by atoms with van der Waals surface area (Å²) < 4.78 is 0. The zero-order valence-corrected chi connectivity index (χ0v) is 8.87. The number of hydrogen-bond acceptors (Lipinski definition) is 3. The van der Waals surface area contributed by atoms with Crippen molar-refractivity contribution >= 4 is 28.3 Å². The first kappa shape index (κ1) is 8.91. The monoisotopic (exact) mass is 222 g/mol. The minimum Gasteiger partial charge on any atom is -0.312 e. The summed E-state index contributed by atoms with van der Waals surface area (Å²) in [5.74, 6) is -0.0556. The van der Waals surface area contributed by atoms with Gasteiger partial charge in [0.1, 0.15) is 11.0 Å². The van der Waals surface area contributed by atoms with Crippen molar-refractivity contribution in [3.8, 4) is 0 Å². The molecule has 0 spiro atoms. The summed E-state index contributed by atoms with van der Waals surface area (Å²) in [6.45, 7) is 0.719. The smallest absolute Gasteiger partial charge is 0.312 e. The van der Waals surface area contributed by atoms with E-state index in [0.29, 0.717) is 0 Å². The van der Waals surface area contributed by atoms with Gasteiger partial charge in [-0.05, 0) is 30.4 Å². The first-order valence-corrected chi connectivity index (χ1v) is 5.85. The number of imide groups is 1. The van der Waals surface area contributed by atoms with Gasteiger partial charge in [-0.1, -0.05) is 0 Å². The maximum Gasteiger partial charge on any atom is 0.332 e. The van der Waals surface area contributed by atoms with Gasteiger partial charge < -0.3 is 4.90 Å². The third-order valence-corrected chi connectivity index (χ3v) is 3.78. The third kappa shape index (κ3) is 1.13. The molecule has 0 N–H and O–H groups in total. The Morgan fingerprint density at radius 1 is 1.40 bits per heavy atom. The average Bonchev–Trinajstić information content (AvgIpc) is 2.89. The van der Waals surface area contributed by atoms with Crippen molar-refractivity contribution < 1.29 is 9.59 Å². The Bertz CT molecular complexity index is 393. The number of carbonyl (C=O) groups excluding carboxylic acids is 2. The standard InChI is InChI=1S/C10H10N2O2S/c13-9-7-3-1-5-11(7)10(14)12(9)8-4-2-6-15-8/h2,4,6-7H,1,3,5H2/t7-/m0/s1. The van der Waals surface area contributed by atoms with Crippen molar-refractivity contribution in [3.05, 3.63) is 17.5 Å². The van der Waals surface area contributed by atoms with Crippen LogP contribution in [0.3, 0.4) is 0 Å². The lowest BCUT2D eigenvalue weighted by molar-refractivity contribution is -0.119. The number of anilines is 1. The number of hydrogen-bond donors (Lipinski definition) is 0. The molecule has 0 aliphatic carbocycles. The molecule has 1 aromatic rings. The molecule has 78 valence electrons. The summed E-state index contributed by atoms with van der Waals surface area (Å²) in [6.07, 6.45) is 1.76. The molecule has 0 saturated carbocycles. The van der Waals surface area contributed by atoms with Gasteiger partial charge in [0.25, 0.3) is 5.91 Å². The number of rotatable bonds is 1. The lowest BCUT2D eigenvalue weighted by Crippen LogP contribution is -2.32. The van der Waals surface area contributed by atoms with E-state index in [1.807, 2.05) is 17.5 Å². The predicted octanol–water partition coefficient (Wildman–Crippen LogP) is 1.68. The minimum absolute atomic E-state index is 0.0556. The number of amides is 3. The lowest BCUT2D eigenvalue weighted by Gasteiger charge is -2.12. The first-order chi connectivity index (χ1) is 7.29. The first-order valence-electron chi connectivity index (χ1n) is 4.97. The molecule has 2 aliphatic heterocycles. The van der Waals surface area contributed by atoms with Crippen LogP contribution in [0.2, 0.25) is 0 Å². The van der Waals surface area contributed by atoms with E-state index in [0.717, 1.165) is 24.4 Å². The van der Waals surface area contributed by atoms with E-state index in [1.54, 1.807) is 4.90 Å². The minimum atomic E-state index is -0.195. The number of nitrogens with zero attached hydrogens (tertiary/aromatic N) is 2. The van der Waals surface area contributed by atoms with E-state index in [2.05, 4.69) is 0 Å². The van der Waals surface area contributed by atoms with Crippen LogP contribution >= 0.6 is 11.3 Å². The van der Waals surface area contributed by atoms with Crippen molar-refractivity contribution in [3.63, 3.8) is 0 Å². The molecule has 2 aliphatic rings. The lowest BCUT2D eigenvalue weighted by atomic mass is 10.2. The molecule has 3 heterocycles. The van der Waals surface area contributed by atoms with E-state index in [-0.39, 0.29) is 18.0 Å². The zero-order valence-electron chi connectivity index (χ0n) is 8.05. The Kier molecular flexibility index (Phi) is 1.82. The van der Waals surface area contributed by atoms with Crippen LogP contribution in [0.1, 0.15) is 12.8 Å². The molecule has 15 heavy (non-hydrogen) atoms. The third-order valence-electron chi connectivity index (χ3n) is 2.92. The molecule has 3 rings (SSSR count). The van der Waals surface area contributed by atoms with Crippen molar-refractivity contribution in [2.24, 2.45) is 0 Å². The molecule has 1 aromatic heterocycles. The van der Waals surface area contributed by atoms with Crippen LogP contribution in [0.25, 0.3) is 0 Å². The molecule has 2 saturated heterocycles. The Labute approximate surface area is 91.1 Å². The SMILES string of the molecule is O=C1[C@@H]2CCCN2C(=O)N1c1cccs1. The van der Waals surface area contributed by atoms with Gasteiger partial charge >= 0.3 is 6.03 Å². The summed E-state index contributed by atoms with van der Waals surface area (Å²) in [7, 11) is 0. The van der Waals surface area contributed by atoms with Gasteiger partial charge in [0.2, 0.25) is 0 Å². The molecule has 4 nitrogen and oxygen atoms in total. The summed E-state index contributed by atoms with van der Waals surface area (Å²) in [6, 6.07) is 3.32. The molecular formula is C10H10N2O2S. The maximum absolute atomic E-state index is 12.0. The maximum atomic E-state index is 12.0. The summed E-state index contributed by atoms with van der Waals surface area (Å²) >= 11 is 1.42. The van der Waals surface area contributed by atoms with Crippen LogP contribution in [-0.2, 0) is 4.79 Å². The van der Waals surface area contributed by atoms with Gasteiger partial charge in [0.15, 0.2) is 0 Å². The van der Waals surface area contributed by atoms with Crippen molar-refractivity contribution in [2.45, 2.75) is 18.9 Å². The molecule has 0 unspecified atom stereocenters. The molecule has 0 aromatic carbocycles. The highest BCUT2D eigenvalue weighted by atomic mass is 32.1. The fraction of sp³-hybridized carbons (Fsp3) is 0.400. The highest BCUT2D eigenvalue weighted by Gasteiger charge is 2.48. The van der Waals surface area contributed by atoms with Crippen molar-refractivity contribution in [1.29, 1.82) is 0 Å². The predicted molar refractivity (Wildman–Crippen MR) is 56.9 cm³/mol. The second-order valence-electron chi connectivity index (χ2n) is 3.76. The van der Waals surface area contributed by atoms with Gasteiger partial charge in [0.05, 0.1) is 0 Å². The Hall–Kier alpha value is -1.36. The molecule has 0 bridgehead atoms. The van der Waals surface area contributed by atoms with Gasteiger partial charge in [-0.15, -0.1) is 11.3 Å². The van der Waals surface area contributed by atoms with Crippen LogP contribution in [0.5, 0.6) is 0 Å². The summed E-state index contributed by atoms with van der Waals surface area (Å²) in [5.41, 5.74) is 0. The Balaban J connectivity index is 1.99. The number of fused-ring (bicyclic) bond motifs is 1. The van der Waals surface area contributed by atoms with Crippen LogP contribution in [0, 0.1) is 0 Å². The van der Waals surface area contributed by atoms with Crippen molar-refractivity contribution in [2.75, 3.05) is 11.4 Å². The number of urea groups is 1. The van der Waals surface area contributed by atoms with Crippen LogP contribution in [0.4, 0.5) is 9.80 Å². The van der Waals surface area contributed by atoms with E-state index >= 15 is 0 Å². The highest BCUT2D eigenvalue weighted by molar-refractivity contribution is 7.14. The zero-order chi connectivity index (χ0) is 10.4. The molecule has 5 heteroatoms. The molecule has 0 radical (unpaired) electrons. The fourth-order valence-corrected chi connectivity index (χ4v) is 2.95. The van der Waals surface area contributed by atoms with E-state index < -0.39 is 0 Å². The topological polar surface area (TPSA) is 40.6 Å². The molecular weight excluding hydrogens is 212 g/mol. The Morgan fingerprint density at radius 3 is 2.93 bits per heavy atom. The van der Waals surface area contributed by atoms with Crippen molar-refractivity contribution in [1.82, 2.24) is 4.90 Å². The van der Waals surface area contributed by atoms with E-state index in [4.69, 9.17) is 0 Å². The normalized spacial score (nSPS) is 25.2. The highest BCUT2D eigenvalue weighted by Crippen LogP contribution is 2.33. The average molecular weight is 222 g/mol. The van der Waals surface area contributed by atoms with Gasteiger partial charge in [0, 0.05) is 6.54 Å². The second kappa shape index (κ2) is 3.06. The van der Waals surface area contributed by atoms with Crippen LogP contribution in [-0.4, -0.2) is 29.4 Å². The fourth-order valence-electron chi connectivity index (χ4n) is 2.22. The summed E-state index contributed by atoms with van der Waals surface area (Å²) in [4.78, 5) is 26.9.